The zero-order chi connectivity index (χ0) is 24.5. The molecule has 1 aliphatic heterocycles. The first-order valence-corrected chi connectivity index (χ1v) is 11.9. The van der Waals surface area contributed by atoms with Gasteiger partial charge in [-0.05, 0) is 65.2 Å². The molecule has 36 heavy (non-hydrogen) atoms. The maximum absolute atomic E-state index is 13.4. The number of aromatic nitrogens is 3. The predicted molar refractivity (Wildman–Crippen MR) is 138 cm³/mol. The molecule has 1 N–H and O–H groups in total. The molecule has 0 spiro atoms. The topological polar surface area (TPSA) is 64.5 Å². The lowest BCUT2D eigenvalue weighted by atomic mass is 10.1. The zero-order valence-electron chi connectivity index (χ0n) is 19.2. The number of epoxide rings is 1. The third kappa shape index (κ3) is 5.03. The molecule has 180 valence electrons. The molecule has 3 heterocycles. The lowest BCUT2D eigenvalue weighted by Gasteiger charge is -2.12. The quantitative estimate of drug-likeness (QED) is 0.243. The van der Waals surface area contributed by atoms with E-state index >= 15 is 0 Å². The Morgan fingerprint density at radius 2 is 1.97 bits per heavy atom. The van der Waals surface area contributed by atoms with Gasteiger partial charge in [-0.15, -0.1) is 0 Å². The Balaban J connectivity index is 1.21. The lowest BCUT2D eigenvalue weighted by Crippen LogP contribution is -2.00. The molecule has 0 bridgehead atoms. The van der Waals surface area contributed by atoms with E-state index in [1.165, 1.54) is 18.5 Å². The number of hydrogen-bond acceptors (Lipinski definition) is 5. The average molecular weight is 501 g/mol. The van der Waals surface area contributed by atoms with Crippen LogP contribution in [0.1, 0.15) is 5.56 Å². The summed E-state index contributed by atoms with van der Waals surface area (Å²) in [6.45, 7) is 1.92. The molecule has 8 heteroatoms. The molecule has 5 aromatic rings. The molecule has 0 unspecified atom stereocenters. The van der Waals surface area contributed by atoms with Crippen molar-refractivity contribution >= 4 is 34.0 Å². The molecule has 0 amide bonds. The first-order chi connectivity index (χ1) is 17.6. The fourth-order valence-electron chi connectivity index (χ4n) is 4.09. The third-order valence-electron chi connectivity index (χ3n) is 6.01. The van der Waals surface area contributed by atoms with Crippen molar-refractivity contribution in [1.82, 2.24) is 14.5 Å². The van der Waals surface area contributed by atoms with Gasteiger partial charge in [0.2, 0.25) is 0 Å². The summed E-state index contributed by atoms with van der Waals surface area (Å²) in [6.07, 6.45) is 6.06. The second-order valence-corrected chi connectivity index (χ2v) is 9.10. The van der Waals surface area contributed by atoms with Gasteiger partial charge in [0.05, 0.1) is 29.8 Å². The molecule has 2 aromatic heterocycles. The number of anilines is 2. The molecule has 6 nitrogen and oxygen atoms in total. The van der Waals surface area contributed by atoms with Crippen molar-refractivity contribution in [2.24, 2.45) is 0 Å². The fraction of sp³-hybridized carbons (Fsp3) is 0.143. The van der Waals surface area contributed by atoms with Gasteiger partial charge < -0.3 is 19.4 Å². The van der Waals surface area contributed by atoms with Gasteiger partial charge in [-0.25, -0.2) is 14.4 Å². The minimum Gasteiger partial charge on any atom is -0.487 e. The minimum absolute atomic E-state index is 0.221. The van der Waals surface area contributed by atoms with Crippen LogP contribution in [0, 0.1) is 5.82 Å². The molecule has 1 aliphatic rings. The summed E-state index contributed by atoms with van der Waals surface area (Å²) in [5.41, 5.74) is 4.53. The van der Waals surface area contributed by atoms with Crippen molar-refractivity contribution in [3.63, 3.8) is 0 Å². The number of nitrogens with zero attached hydrogens (tertiary/aromatic N) is 3. The van der Waals surface area contributed by atoms with Gasteiger partial charge in [-0.3, -0.25) is 0 Å². The van der Waals surface area contributed by atoms with E-state index in [4.69, 9.17) is 21.1 Å². The van der Waals surface area contributed by atoms with Crippen molar-refractivity contribution in [1.29, 1.82) is 0 Å². The SMILES string of the molecule is Fc1cccc(COc2ccc(Nc3ncnc4ccc(-c5ccn(C[C@H]6CO6)c5)cc34)cc2Cl)c1. The van der Waals surface area contributed by atoms with Crippen LogP contribution in [0.15, 0.2) is 85.5 Å². The first-order valence-electron chi connectivity index (χ1n) is 11.6. The van der Waals surface area contributed by atoms with E-state index < -0.39 is 0 Å². The van der Waals surface area contributed by atoms with Crippen LogP contribution < -0.4 is 10.1 Å². The van der Waals surface area contributed by atoms with E-state index in [2.05, 4.69) is 50.4 Å². The van der Waals surface area contributed by atoms with Crippen LogP contribution in [0.3, 0.4) is 0 Å². The Hall–Kier alpha value is -3.94. The number of fused-ring (bicyclic) bond motifs is 1. The Labute approximate surface area is 212 Å². The van der Waals surface area contributed by atoms with Crippen LogP contribution in [0.5, 0.6) is 5.75 Å². The first kappa shape index (κ1) is 22.5. The maximum Gasteiger partial charge on any atom is 0.141 e. The van der Waals surface area contributed by atoms with Crippen molar-refractivity contribution in [2.45, 2.75) is 19.3 Å². The van der Waals surface area contributed by atoms with Crippen LogP contribution in [-0.4, -0.2) is 27.2 Å². The lowest BCUT2D eigenvalue weighted by molar-refractivity contribution is 0.306. The molecule has 3 aromatic carbocycles. The predicted octanol–water partition coefficient (Wildman–Crippen LogP) is 6.61. The Kier molecular flexibility index (Phi) is 6.01. The van der Waals surface area contributed by atoms with E-state index in [0.29, 0.717) is 22.7 Å². The van der Waals surface area contributed by atoms with E-state index in [9.17, 15) is 4.39 Å². The molecule has 1 saturated heterocycles. The average Bonchev–Trinajstić information content (AvgIpc) is 3.57. The summed E-state index contributed by atoms with van der Waals surface area (Å²) in [6, 6.07) is 20.0. The summed E-state index contributed by atoms with van der Waals surface area (Å²) < 4.78 is 26.7. The smallest absolute Gasteiger partial charge is 0.141 e. The standard InChI is InChI=1S/C28H22ClFN4O2/c29-25-12-22(5-7-27(25)36-15-18-2-1-3-21(30)10-18)33-28-24-11-19(4-6-26(24)31-17-32-28)20-8-9-34(13-20)14-23-16-35-23/h1-13,17,23H,14-16H2,(H,31,32,33)/t23-/m0/s1. The van der Waals surface area contributed by atoms with Crippen LogP contribution in [0.2, 0.25) is 5.02 Å². The number of rotatable bonds is 8. The monoisotopic (exact) mass is 500 g/mol. The normalized spacial score (nSPS) is 14.7. The van der Waals surface area contributed by atoms with Crippen LogP contribution >= 0.6 is 11.6 Å². The number of halogens is 2. The molecule has 1 fully saturated rings. The van der Waals surface area contributed by atoms with Gasteiger partial charge in [-0.1, -0.05) is 29.8 Å². The molecular formula is C28H22ClFN4O2. The molecule has 0 aliphatic carbocycles. The highest BCUT2D eigenvalue weighted by molar-refractivity contribution is 6.32. The summed E-state index contributed by atoms with van der Waals surface area (Å²) in [5.74, 6) is 0.895. The highest BCUT2D eigenvalue weighted by Gasteiger charge is 2.22. The molecule has 6 rings (SSSR count). The summed E-state index contributed by atoms with van der Waals surface area (Å²) in [4.78, 5) is 8.89. The van der Waals surface area contributed by atoms with Gasteiger partial charge in [0.1, 0.15) is 30.3 Å². The molecular weight excluding hydrogens is 479 g/mol. The van der Waals surface area contributed by atoms with Gasteiger partial charge in [-0.2, -0.15) is 0 Å². The van der Waals surface area contributed by atoms with E-state index in [1.807, 2.05) is 12.1 Å². The van der Waals surface area contributed by atoms with E-state index in [0.717, 1.165) is 46.4 Å². The highest BCUT2D eigenvalue weighted by Crippen LogP contribution is 2.32. The number of hydrogen-bond donors (Lipinski definition) is 1. The third-order valence-corrected chi connectivity index (χ3v) is 6.31. The second kappa shape index (κ2) is 9.60. The van der Waals surface area contributed by atoms with Crippen LogP contribution in [0.4, 0.5) is 15.9 Å². The van der Waals surface area contributed by atoms with E-state index in [1.54, 1.807) is 24.3 Å². The highest BCUT2D eigenvalue weighted by atomic mass is 35.5. The fourth-order valence-corrected chi connectivity index (χ4v) is 4.32. The largest absolute Gasteiger partial charge is 0.487 e. The molecule has 0 radical (unpaired) electrons. The van der Waals surface area contributed by atoms with Crippen LogP contribution in [-0.2, 0) is 17.9 Å². The van der Waals surface area contributed by atoms with Crippen molar-refractivity contribution < 1.29 is 13.9 Å². The Morgan fingerprint density at radius 1 is 1.06 bits per heavy atom. The maximum atomic E-state index is 13.4. The van der Waals surface area contributed by atoms with Crippen molar-refractivity contribution in [3.8, 4) is 16.9 Å². The minimum atomic E-state index is -0.299. The van der Waals surface area contributed by atoms with Gasteiger partial charge in [0.25, 0.3) is 0 Å². The van der Waals surface area contributed by atoms with Gasteiger partial charge >= 0.3 is 0 Å². The van der Waals surface area contributed by atoms with Crippen molar-refractivity contribution in [2.75, 3.05) is 11.9 Å². The summed E-state index contributed by atoms with van der Waals surface area (Å²) in [5, 5.41) is 4.69. The summed E-state index contributed by atoms with van der Waals surface area (Å²) >= 11 is 6.48. The number of ether oxygens (including phenoxy) is 2. The number of nitrogens with one attached hydrogen (secondary N) is 1. The van der Waals surface area contributed by atoms with E-state index in [-0.39, 0.29) is 12.4 Å². The van der Waals surface area contributed by atoms with Crippen LogP contribution in [0.25, 0.3) is 22.0 Å². The van der Waals surface area contributed by atoms with Crippen molar-refractivity contribution in [3.05, 3.63) is 102 Å². The molecule has 1 atom stereocenters. The second-order valence-electron chi connectivity index (χ2n) is 8.70. The Morgan fingerprint density at radius 3 is 2.81 bits per heavy atom. The van der Waals surface area contributed by atoms with Gasteiger partial charge in [0.15, 0.2) is 0 Å². The Bertz CT molecular complexity index is 1550. The summed E-state index contributed by atoms with van der Waals surface area (Å²) in [7, 11) is 0. The molecule has 0 saturated carbocycles. The number of benzene rings is 3. The van der Waals surface area contributed by atoms with Gasteiger partial charge in [0, 0.05) is 23.5 Å². The zero-order valence-corrected chi connectivity index (χ0v) is 20.0.